The molecule has 5 nitrogen and oxygen atoms in total. The number of benzene rings is 2. The van der Waals surface area contributed by atoms with Gasteiger partial charge in [-0.2, -0.15) is 5.10 Å². The lowest BCUT2D eigenvalue weighted by Gasteiger charge is -2.50. The first-order chi connectivity index (χ1) is 13.1. The summed E-state index contributed by atoms with van der Waals surface area (Å²) in [6.07, 6.45) is 2.63. The SMILES string of the molecule is Cc1ccc(O)c(C2=NN3[C@@H](C2)c2ccccc2OC32CCN(C)CC2)c1. The number of aromatic hydroxyl groups is 1. The normalized spacial score (nSPS) is 23.6. The van der Waals surface area contributed by atoms with Gasteiger partial charge in [-0.3, -0.25) is 0 Å². The van der Waals surface area contributed by atoms with Gasteiger partial charge in [0.25, 0.3) is 0 Å². The molecule has 0 saturated carbocycles. The van der Waals surface area contributed by atoms with Crippen molar-refractivity contribution in [2.75, 3.05) is 20.1 Å². The second-order valence-electron chi connectivity index (χ2n) is 8.02. The molecule has 1 spiro atoms. The average Bonchev–Trinajstić information content (AvgIpc) is 3.13. The second kappa shape index (κ2) is 5.99. The summed E-state index contributed by atoms with van der Waals surface area (Å²) in [5, 5.41) is 17.6. The van der Waals surface area contributed by atoms with Crippen molar-refractivity contribution in [3.8, 4) is 11.5 Å². The van der Waals surface area contributed by atoms with Crippen molar-refractivity contribution >= 4 is 5.71 Å². The van der Waals surface area contributed by atoms with Crippen LogP contribution < -0.4 is 4.74 Å². The predicted octanol–water partition coefficient (Wildman–Crippen LogP) is 3.67. The fourth-order valence-corrected chi connectivity index (χ4v) is 4.57. The van der Waals surface area contributed by atoms with E-state index in [-0.39, 0.29) is 6.04 Å². The number of hydrazone groups is 1. The van der Waals surface area contributed by atoms with Crippen LogP contribution in [0, 0.1) is 6.92 Å². The summed E-state index contributed by atoms with van der Waals surface area (Å²) in [6.45, 7) is 4.03. The molecule has 0 radical (unpaired) electrons. The summed E-state index contributed by atoms with van der Waals surface area (Å²) >= 11 is 0. The highest BCUT2D eigenvalue weighted by molar-refractivity contribution is 6.04. The van der Waals surface area contributed by atoms with Crippen molar-refractivity contribution < 1.29 is 9.84 Å². The maximum Gasteiger partial charge on any atom is 0.200 e. The zero-order chi connectivity index (χ0) is 18.6. The fourth-order valence-electron chi connectivity index (χ4n) is 4.57. The number of hydrogen-bond acceptors (Lipinski definition) is 5. The van der Waals surface area contributed by atoms with Crippen LogP contribution in [0.15, 0.2) is 47.6 Å². The van der Waals surface area contributed by atoms with Gasteiger partial charge in [-0.05, 0) is 32.2 Å². The van der Waals surface area contributed by atoms with E-state index < -0.39 is 5.72 Å². The van der Waals surface area contributed by atoms with Crippen molar-refractivity contribution in [2.45, 2.75) is 38.0 Å². The monoisotopic (exact) mass is 363 g/mol. The number of fused-ring (bicyclic) bond motifs is 4. The van der Waals surface area contributed by atoms with E-state index in [1.807, 2.05) is 25.1 Å². The van der Waals surface area contributed by atoms with Crippen LogP contribution >= 0.6 is 0 Å². The summed E-state index contributed by atoms with van der Waals surface area (Å²) in [7, 11) is 2.16. The molecule has 1 atom stereocenters. The molecule has 0 amide bonds. The minimum Gasteiger partial charge on any atom is -0.507 e. The fraction of sp³-hybridized carbons (Fsp3) is 0.409. The molecule has 2 aromatic rings. The number of phenolic OH excluding ortho intramolecular Hbond substituents is 1. The number of hydrogen-bond donors (Lipinski definition) is 1. The summed E-state index contributed by atoms with van der Waals surface area (Å²) in [5.74, 6) is 1.28. The number of likely N-dealkylation sites (tertiary alicyclic amines) is 1. The summed E-state index contributed by atoms with van der Waals surface area (Å²) < 4.78 is 6.59. The van der Waals surface area contributed by atoms with E-state index in [0.717, 1.165) is 54.9 Å². The Kier molecular flexibility index (Phi) is 3.69. The maximum atomic E-state index is 10.4. The maximum absolute atomic E-state index is 10.4. The van der Waals surface area contributed by atoms with Gasteiger partial charge in [0, 0.05) is 43.5 Å². The summed E-state index contributed by atoms with van der Waals surface area (Å²) in [6, 6.07) is 14.2. The van der Waals surface area contributed by atoms with Gasteiger partial charge in [0.1, 0.15) is 11.5 Å². The summed E-state index contributed by atoms with van der Waals surface area (Å²) in [4.78, 5) is 2.34. The zero-order valence-electron chi connectivity index (χ0n) is 15.9. The molecule has 1 saturated heterocycles. The first-order valence-corrected chi connectivity index (χ1v) is 9.69. The molecular formula is C22H25N3O2. The van der Waals surface area contributed by atoms with Crippen molar-refractivity contribution in [3.05, 3.63) is 59.2 Å². The minimum absolute atomic E-state index is 0.160. The number of piperidine rings is 1. The molecule has 3 aliphatic heterocycles. The van der Waals surface area contributed by atoms with Crippen molar-refractivity contribution in [3.63, 3.8) is 0 Å². The highest BCUT2D eigenvalue weighted by Gasteiger charge is 2.51. The van der Waals surface area contributed by atoms with Gasteiger partial charge < -0.3 is 14.7 Å². The van der Waals surface area contributed by atoms with Crippen molar-refractivity contribution in [1.82, 2.24) is 9.91 Å². The van der Waals surface area contributed by atoms with Crippen LogP contribution in [0.3, 0.4) is 0 Å². The van der Waals surface area contributed by atoms with Gasteiger partial charge in [0.15, 0.2) is 0 Å². The molecule has 0 bridgehead atoms. The Morgan fingerprint density at radius 3 is 2.74 bits per heavy atom. The third-order valence-electron chi connectivity index (χ3n) is 6.14. The number of para-hydroxylation sites is 1. The Hall–Kier alpha value is -2.53. The average molecular weight is 363 g/mol. The van der Waals surface area contributed by atoms with Crippen molar-refractivity contribution in [1.29, 1.82) is 0 Å². The Labute approximate surface area is 159 Å². The van der Waals surface area contributed by atoms with Crippen LogP contribution in [0.5, 0.6) is 11.5 Å². The lowest BCUT2D eigenvalue weighted by molar-refractivity contribution is -0.147. The van der Waals surface area contributed by atoms with E-state index in [0.29, 0.717) is 5.75 Å². The molecule has 0 aliphatic carbocycles. The summed E-state index contributed by atoms with van der Waals surface area (Å²) in [5.41, 5.74) is 3.70. The Balaban J connectivity index is 1.60. The quantitative estimate of drug-likeness (QED) is 0.840. The van der Waals surface area contributed by atoms with Crippen LogP contribution in [0.2, 0.25) is 0 Å². The molecule has 140 valence electrons. The third kappa shape index (κ3) is 2.60. The Morgan fingerprint density at radius 1 is 1.15 bits per heavy atom. The van der Waals surface area contributed by atoms with Gasteiger partial charge in [-0.25, -0.2) is 5.01 Å². The van der Waals surface area contributed by atoms with Crippen LogP contribution in [-0.2, 0) is 0 Å². The lowest BCUT2D eigenvalue weighted by Crippen LogP contribution is -2.58. The van der Waals surface area contributed by atoms with E-state index in [2.05, 4.69) is 35.2 Å². The molecule has 27 heavy (non-hydrogen) atoms. The standard InChI is InChI=1S/C22H25N3O2/c1-15-7-8-20(26)17(13-15)18-14-19-16-5-3-4-6-21(16)27-22(25(19)23-18)9-11-24(2)12-10-22/h3-8,13,19,26H,9-12,14H2,1-2H3/t19-/m0/s1. The molecule has 3 heterocycles. The van der Waals surface area contributed by atoms with E-state index >= 15 is 0 Å². The molecular weight excluding hydrogens is 338 g/mol. The van der Waals surface area contributed by atoms with Crippen LogP contribution in [0.25, 0.3) is 0 Å². The molecule has 0 unspecified atom stereocenters. The Bertz CT molecular complexity index is 916. The van der Waals surface area contributed by atoms with Crippen LogP contribution in [0.4, 0.5) is 0 Å². The first kappa shape index (κ1) is 16.6. The number of nitrogens with zero attached hydrogens (tertiary/aromatic N) is 3. The number of rotatable bonds is 1. The molecule has 3 aliphatic rings. The van der Waals surface area contributed by atoms with Crippen LogP contribution in [-0.4, -0.2) is 46.6 Å². The van der Waals surface area contributed by atoms with Gasteiger partial charge in [0.05, 0.1) is 11.8 Å². The zero-order valence-corrected chi connectivity index (χ0v) is 15.9. The van der Waals surface area contributed by atoms with Gasteiger partial charge >= 0.3 is 0 Å². The smallest absolute Gasteiger partial charge is 0.200 e. The minimum atomic E-state index is -0.396. The lowest BCUT2D eigenvalue weighted by atomic mass is 9.90. The van der Waals surface area contributed by atoms with Crippen molar-refractivity contribution in [2.24, 2.45) is 5.10 Å². The topological polar surface area (TPSA) is 48.3 Å². The highest BCUT2D eigenvalue weighted by Crippen LogP contribution is 2.50. The largest absolute Gasteiger partial charge is 0.507 e. The second-order valence-corrected chi connectivity index (χ2v) is 8.02. The molecule has 5 rings (SSSR count). The number of aryl methyl sites for hydroxylation is 1. The number of phenols is 1. The van der Waals surface area contributed by atoms with Gasteiger partial charge in [-0.1, -0.05) is 29.8 Å². The Morgan fingerprint density at radius 2 is 1.93 bits per heavy atom. The van der Waals surface area contributed by atoms with E-state index in [9.17, 15) is 5.11 Å². The van der Waals surface area contributed by atoms with Gasteiger partial charge in [-0.15, -0.1) is 0 Å². The molecule has 2 aromatic carbocycles. The van der Waals surface area contributed by atoms with E-state index in [1.54, 1.807) is 6.07 Å². The number of ether oxygens (including phenoxy) is 1. The predicted molar refractivity (Wildman–Crippen MR) is 105 cm³/mol. The van der Waals surface area contributed by atoms with E-state index in [1.165, 1.54) is 5.56 Å². The first-order valence-electron chi connectivity index (χ1n) is 9.69. The molecule has 5 heteroatoms. The molecule has 0 aromatic heterocycles. The third-order valence-corrected chi connectivity index (χ3v) is 6.14. The van der Waals surface area contributed by atoms with Crippen LogP contribution in [0.1, 0.15) is 42.0 Å². The van der Waals surface area contributed by atoms with Gasteiger partial charge in [0.2, 0.25) is 5.72 Å². The molecule has 1 N–H and O–H groups in total. The highest BCUT2D eigenvalue weighted by atomic mass is 16.5. The molecule has 1 fully saturated rings. The van der Waals surface area contributed by atoms with E-state index in [4.69, 9.17) is 9.84 Å².